The fourth-order valence-electron chi connectivity index (χ4n) is 4.26. The summed E-state index contributed by atoms with van der Waals surface area (Å²) in [6.07, 6.45) is 0.811. The van der Waals surface area contributed by atoms with E-state index >= 15 is 0 Å². The number of rotatable bonds is 2. The average Bonchev–Trinajstić information content (AvgIpc) is 3.09. The molecule has 4 N–H and O–H groups in total. The number of hydrogen-bond acceptors (Lipinski definition) is 4. The molecule has 0 aliphatic carbocycles. The Kier molecular flexibility index (Phi) is 3.92. The number of aromatic amines is 2. The van der Waals surface area contributed by atoms with E-state index in [-0.39, 0.29) is 11.4 Å². The SMILES string of the molecule is Cc1ccccc1-n1c(O)c([C@H]2NCCc3c2[nH]c2ccccc32)c(=O)[nH]c1=O. The maximum absolute atomic E-state index is 12.8. The fraction of sp³-hybridized carbons (Fsp3) is 0.182. The lowest BCUT2D eigenvalue weighted by molar-refractivity contribution is 0.409. The second-order valence-corrected chi connectivity index (χ2v) is 7.32. The van der Waals surface area contributed by atoms with E-state index in [9.17, 15) is 14.7 Å². The van der Waals surface area contributed by atoms with Gasteiger partial charge in [0.1, 0.15) is 5.56 Å². The molecule has 7 nitrogen and oxygen atoms in total. The highest BCUT2D eigenvalue weighted by Crippen LogP contribution is 2.35. The molecule has 0 radical (unpaired) electrons. The van der Waals surface area contributed by atoms with E-state index < -0.39 is 17.3 Å². The van der Waals surface area contributed by atoms with Gasteiger partial charge in [-0.1, -0.05) is 36.4 Å². The predicted molar refractivity (Wildman–Crippen MR) is 111 cm³/mol. The molecule has 0 bridgehead atoms. The average molecular weight is 388 g/mol. The van der Waals surface area contributed by atoms with Crippen molar-refractivity contribution in [1.82, 2.24) is 19.9 Å². The fourth-order valence-corrected chi connectivity index (χ4v) is 4.26. The van der Waals surface area contributed by atoms with Crippen molar-refractivity contribution in [2.24, 2.45) is 0 Å². The summed E-state index contributed by atoms with van der Waals surface area (Å²) in [5.74, 6) is -0.350. The van der Waals surface area contributed by atoms with Gasteiger partial charge in [0.15, 0.2) is 0 Å². The minimum Gasteiger partial charge on any atom is -0.494 e. The summed E-state index contributed by atoms with van der Waals surface area (Å²) >= 11 is 0. The molecule has 0 unspecified atom stereocenters. The van der Waals surface area contributed by atoms with Crippen molar-refractivity contribution in [2.75, 3.05) is 6.54 Å². The topological polar surface area (TPSA) is 103 Å². The van der Waals surface area contributed by atoms with Crippen LogP contribution < -0.4 is 16.6 Å². The molecular weight excluding hydrogens is 368 g/mol. The van der Waals surface area contributed by atoms with Crippen LogP contribution in [-0.4, -0.2) is 26.2 Å². The zero-order chi connectivity index (χ0) is 20.1. The van der Waals surface area contributed by atoms with E-state index in [1.807, 2.05) is 43.3 Å². The first-order valence-corrected chi connectivity index (χ1v) is 9.53. The number of para-hydroxylation sites is 2. The Morgan fingerprint density at radius 2 is 1.79 bits per heavy atom. The van der Waals surface area contributed by atoms with Crippen molar-refractivity contribution >= 4 is 10.9 Å². The predicted octanol–water partition coefficient (Wildman–Crippen LogP) is 2.26. The van der Waals surface area contributed by atoms with E-state index in [0.29, 0.717) is 12.2 Å². The van der Waals surface area contributed by atoms with Crippen LogP contribution in [0.5, 0.6) is 5.88 Å². The summed E-state index contributed by atoms with van der Waals surface area (Å²) in [5, 5.41) is 15.5. The van der Waals surface area contributed by atoms with Gasteiger partial charge in [0, 0.05) is 23.1 Å². The minimum absolute atomic E-state index is 0.125. The lowest BCUT2D eigenvalue weighted by Crippen LogP contribution is -2.38. The third-order valence-corrected chi connectivity index (χ3v) is 5.62. The summed E-state index contributed by atoms with van der Waals surface area (Å²) in [7, 11) is 0. The Bertz CT molecular complexity index is 1360. The van der Waals surface area contributed by atoms with Gasteiger partial charge in [0.05, 0.1) is 11.7 Å². The standard InChI is InChI=1S/C22H20N4O3/c1-12-6-2-5-9-16(12)26-21(28)17(20(27)25-22(26)29)19-18-14(10-11-23-19)13-7-3-4-8-15(13)24-18/h2-9,19,23-24,28H,10-11H2,1H3,(H,25,27,29)/t19-/m1/s1. The van der Waals surface area contributed by atoms with Crippen molar-refractivity contribution in [3.63, 3.8) is 0 Å². The van der Waals surface area contributed by atoms with Gasteiger partial charge in [-0.25, -0.2) is 9.36 Å². The Morgan fingerprint density at radius 1 is 1.03 bits per heavy atom. The number of aromatic nitrogens is 3. The normalized spacial score (nSPS) is 16.1. The lowest BCUT2D eigenvalue weighted by atomic mass is 9.95. The Labute approximate surface area is 165 Å². The number of fused-ring (bicyclic) bond motifs is 3. The Balaban J connectivity index is 1.77. The van der Waals surface area contributed by atoms with Gasteiger partial charge in [-0.05, 0) is 36.6 Å². The molecule has 2 aromatic carbocycles. The molecule has 1 aliphatic rings. The van der Waals surface area contributed by atoms with Gasteiger partial charge in [-0.3, -0.25) is 9.78 Å². The van der Waals surface area contributed by atoms with Crippen molar-refractivity contribution in [2.45, 2.75) is 19.4 Å². The van der Waals surface area contributed by atoms with E-state index in [0.717, 1.165) is 38.7 Å². The van der Waals surface area contributed by atoms with Crippen molar-refractivity contribution in [1.29, 1.82) is 0 Å². The van der Waals surface area contributed by atoms with Crippen LogP contribution in [0.1, 0.15) is 28.4 Å². The molecule has 1 atom stereocenters. The molecule has 1 aliphatic heterocycles. The van der Waals surface area contributed by atoms with Crippen LogP contribution in [0, 0.1) is 6.92 Å². The quantitative estimate of drug-likeness (QED) is 0.423. The number of hydrogen-bond donors (Lipinski definition) is 4. The molecular formula is C22H20N4O3. The highest BCUT2D eigenvalue weighted by atomic mass is 16.3. The summed E-state index contributed by atoms with van der Waals surface area (Å²) in [6.45, 7) is 2.50. The second kappa shape index (κ2) is 6.49. The number of benzene rings is 2. The molecule has 4 aromatic rings. The zero-order valence-electron chi connectivity index (χ0n) is 15.8. The third kappa shape index (κ3) is 2.62. The molecule has 0 amide bonds. The van der Waals surface area contributed by atoms with Crippen LogP contribution >= 0.6 is 0 Å². The van der Waals surface area contributed by atoms with Crippen LogP contribution in [0.4, 0.5) is 0 Å². The molecule has 0 saturated carbocycles. The second-order valence-electron chi connectivity index (χ2n) is 7.32. The summed E-state index contributed by atoms with van der Waals surface area (Å²) < 4.78 is 1.16. The number of aryl methyl sites for hydroxylation is 1. The van der Waals surface area contributed by atoms with Crippen molar-refractivity contribution in [3.8, 4) is 11.6 Å². The van der Waals surface area contributed by atoms with Crippen LogP contribution in [0.3, 0.4) is 0 Å². The summed E-state index contributed by atoms with van der Waals surface area (Å²) in [5.41, 5.74) is 3.14. The highest BCUT2D eigenvalue weighted by molar-refractivity contribution is 5.85. The van der Waals surface area contributed by atoms with Crippen LogP contribution in [0.15, 0.2) is 58.1 Å². The third-order valence-electron chi connectivity index (χ3n) is 5.62. The van der Waals surface area contributed by atoms with Crippen molar-refractivity contribution in [3.05, 3.63) is 91.8 Å². The Hall–Kier alpha value is -3.58. The van der Waals surface area contributed by atoms with Crippen LogP contribution in [-0.2, 0) is 6.42 Å². The number of H-pyrrole nitrogens is 2. The first-order valence-electron chi connectivity index (χ1n) is 9.53. The number of nitrogens with zero attached hydrogens (tertiary/aromatic N) is 1. The summed E-state index contributed by atoms with van der Waals surface area (Å²) in [4.78, 5) is 31.1. The molecule has 5 rings (SSSR count). The number of nitrogens with one attached hydrogen (secondary N) is 3. The van der Waals surface area contributed by atoms with Crippen LogP contribution in [0.25, 0.3) is 16.6 Å². The molecule has 7 heteroatoms. The number of aromatic hydroxyl groups is 1. The van der Waals surface area contributed by atoms with E-state index in [1.165, 1.54) is 0 Å². The molecule has 0 saturated heterocycles. The van der Waals surface area contributed by atoms with Gasteiger partial charge in [0.25, 0.3) is 5.56 Å². The van der Waals surface area contributed by atoms with E-state index in [4.69, 9.17) is 0 Å². The molecule has 2 aromatic heterocycles. The first kappa shape index (κ1) is 17.5. The van der Waals surface area contributed by atoms with Gasteiger partial charge >= 0.3 is 5.69 Å². The largest absolute Gasteiger partial charge is 0.494 e. The van der Waals surface area contributed by atoms with Gasteiger partial charge in [0.2, 0.25) is 5.88 Å². The van der Waals surface area contributed by atoms with Crippen molar-refractivity contribution < 1.29 is 5.11 Å². The molecule has 29 heavy (non-hydrogen) atoms. The van der Waals surface area contributed by atoms with E-state index in [2.05, 4.69) is 15.3 Å². The molecule has 146 valence electrons. The first-order chi connectivity index (χ1) is 14.1. The van der Waals surface area contributed by atoms with Crippen LogP contribution in [0.2, 0.25) is 0 Å². The Morgan fingerprint density at radius 3 is 2.62 bits per heavy atom. The van der Waals surface area contributed by atoms with Gasteiger partial charge in [-0.15, -0.1) is 0 Å². The summed E-state index contributed by atoms with van der Waals surface area (Å²) in [6, 6.07) is 14.6. The molecule has 3 heterocycles. The molecule has 0 spiro atoms. The lowest BCUT2D eigenvalue weighted by Gasteiger charge is -2.25. The maximum atomic E-state index is 12.8. The van der Waals surface area contributed by atoms with E-state index in [1.54, 1.807) is 12.1 Å². The maximum Gasteiger partial charge on any atom is 0.335 e. The molecule has 0 fully saturated rings. The van der Waals surface area contributed by atoms with Gasteiger partial charge < -0.3 is 15.4 Å². The van der Waals surface area contributed by atoms with Gasteiger partial charge in [-0.2, -0.15) is 0 Å². The smallest absolute Gasteiger partial charge is 0.335 e. The zero-order valence-corrected chi connectivity index (χ0v) is 15.8. The monoisotopic (exact) mass is 388 g/mol. The highest BCUT2D eigenvalue weighted by Gasteiger charge is 2.31. The minimum atomic E-state index is -0.668.